The maximum Gasteiger partial charge on any atom is 0.255 e. The van der Waals surface area contributed by atoms with Crippen molar-refractivity contribution >= 4 is 39.6 Å². The first-order valence-electron chi connectivity index (χ1n) is 10.9. The highest BCUT2D eigenvalue weighted by Crippen LogP contribution is 2.25. The van der Waals surface area contributed by atoms with Gasteiger partial charge < -0.3 is 15.2 Å². The Hall–Kier alpha value is -4.71. The van der Waals surface area contributed by atoms with Gasteiger partial charge in [0.15, 0.2) is 0 Å². The van der Waals surface area contributed by atoms with Crippen LogP contribution in [-0.4, -0.2) is 15.5 Å². The molecule has 0 aliphatic heterocycles. The fourth-order valence-electron chi connectivity index (χ4n) is 3.60. The van der Waals surface area contributed by atoms with Gasteiger partial charge in [-0.25, -0.2) is 4.99 Å². The average Bonchev–Trinajstić information content (AvgIpc) is 2.87. The molecule has 34 heavy (non-hydrogen) atoms. The van der Waals surface area contributed by atoms with Gasteiger partial charge in [-0.1, -0.05) is 18.2 Å². The predicted molar refractivity (Wildman–Crippen MR) is 136 cm³/mol. The number of carbonyl (C=O) groups excluding carboxylic acids is 1. The molecule has 0 aliphatic carbocycles. The molecule has 1 amide bonds. The molecule has 0 fully saturated rings. The first-order valence-corrected chi connectivity index (χ1v) is 10.9. The normalized spacial score (nSPS) is 10.6. The number of amides is 1. The first kappa shape index (κ1) is 21.2. The Labute approximate surface area is 197 Å². The van der Waals surface area contributed by atoms with Gasteiger partial charge in [-0.2, -0.15) is 0 Å². The summed E-state index contributed by atoms with van der Waals surface area (Å²) in [6.07, 6.45) is 5.68. The summed E-state index contributed by atoms with van der Waals surface area (Å²) in [5.41, 5.74) is 4.94. The minimum atomic E-state index is -0.167. The predicted octanol–water partition coefficient (Wildman–Crippen LogP) is 5.80. The number of para-hydroxylation sites is 1. The number of anilines is 3. The van der Waals surface area contributed by atoms with Gasteiger partial charge in [0.25, 0.3) is 5.91 Å². The van der Waals surface area contributed by atoms with E-state index in [0.717, 1.165) is 39.0 Å². The molecule has 0 atom stereocenters. The Morgan fingerprint density at radius 3 is 2.29 bits per heavy atom. The second-order valence-electron chi connectivity index (χ2n) is 7.91. The molecule has 2 heterocycles. The molecule has 166 valence electrons. The zero-order valence-corrected chi connectivity index (χ0v) is 18.6. The van der Waals surface area contributed by atoms with Gasteiger partial charge in [0, 0.05) is 53.7 Å². The van der Waals surface area contributed by atoms with E-state index in [-0.39, 0.29) is 5.91 Å². The number of aryl methyl sites for hydroxylation is 1. The van der Waals surface area contributed by atoms with Crippen LogP contribution in [0.15, 0.2) is 115 Å². The van der Waals surface area contributed by atoms with Crippen molar-refractivity contribution < 1.29 is 4.79 Å². The fourth-order valence-corrected chi connectivity index (χ4v) is 3.60. The lowest BCUT2D eigenvalue weighted by molar-refractivity contribution is 0.102. The highest BCUT2D eigenvalue weighted by atomic mass is 16.1. The first-order chi connectivity index (χ1) is 16.6. The number of benzene rings is 3. The van der Waals surface area contributed by atoms with Gasteiger partial charge in [-0.05, 0) is 72.8 Å². The van der Waals surface area contributed by atoms with Crippen molar-refractivity contribution in [3.8, 4) is 0 Å². The van der Waals surface area contributed by atoms with Crippen LogP contribution >= 0.6 is 0 Å². The van der Waals surface area contributed by atoms with Gasteiger partial charge in [0.05, 0.1) is 16.6 Å². The van der Waals surface area contributed by atoms with E-state index in [0.29, 0.717) is 5.56 Å². The highest BCUT2D eigenvalue weighted by Gasteiger charge is 2.07. The molecule has 0 bridgehead atoms. The maximum absolute atomic E-state index is 12.7. The van der Waals surface area contributed by atoms with Crippen molar-refractivity contribution in [1.29, 1.82) is 0 Å². The summed E-state index contributed by atoms with van der Waals surface area (Å²) in [6.45, 7) is 0. The summed E-state index contributed by atoms with van der Waals surface area (Å²) < 4.78 is 1.95. The van der Waals surface area contributed by atoms with Crippen LogP contribution in [0.4, 0.5) is 22.7 Å². The van der Waals surface area contributed by atoms with E-state index < -0.39 is 0 Å². The minimum absolute atomic E-state index is 0.167. The van der Waals surface area contributed by atoms with Crippen LogP contribution in [0.1, 0.15) is 10.4 Å². The molecular weight excluding hydrogens is 422 g/mol. The van der Waals surface area contributed by atoms with E-state index in [9.17, 15) is 4.79 Å². The molecule has 0 radical (unpaired) electrons. The van der Waals surface area contributed by atoms with Gasteiger partial charge in [-0.15, -0.1) is 0 Å². The van der Waals surface area contributed by atoms with Gasteiger partial charge in [0.2, 0.25) is 0 Å². The SMILES string of the molecule is Cn1ccc(=Nc2ccc(C(=O)Nc3ccc(Nc4ccnc5ccccc45)cc3)cc2)cc1. The third-order valence-corrected chi connectivity index (χ3v) is 5.42. The maximum atomic E-state index is 12.7. The Morgan fingerprint density at radius 2 is 1.53 bits per heavy atom. The summed E-state index contributed by atoms with van der Waals surface area (Å²) in [6, 6.07) is 28.7. The average molecular weight is 446 g/mol. The van der Waals surface area contributed by atoms with Gasteiger partial charge in [0.1, 0.15) is 0 Å². The number of nitrogens with one attached hydrogen (secondary N) is 2. The van der Waals surface area contributed by atoms with Crippen molar-refractivity contribution in [2.45, 2.75) is 0 Å². The summed E-state index contributed by atoms with van der Waals surface area (Å²) in [7, 11) is 1.96. The van der Waals surface area contributed by atoms with Gasteiger partial charge in [-0.3, -0.25) is 9.78 Å². The van der Waals surface area contributed by atoms with Crippen molar-refractivity contribution in [1.82, 2.24) is 9.55 Å². The monoisotopic (exact) mass is 445 g/mol. The molecule has 6 nitrogen and oxygen atoms in total. The van der Waals surface area contributed by atoms with Crippen LogP contribution in [0.25, 0.3) is 10.9 Å². The number of rotatable bonds is 5. The number of fused-ring (bicyclic) bond motifs is 1. The number of hydrogen-bond donors (Lipinski definition) is 2. The lowest BCUT2D eigenvalue weighted by Gasteiger charge is -2.11. The Bertz CT molecular complexity index is 1490. The summed E-state index contributed by atoms with van der Waals surface area (Å²) in [5.74, 6) is -0.167. The van der Waals surface area contributed by atoms with E-state index in [1.165, 1.54) is 0 Å². The lowest BCUT2D eigenvalue weighted by Crippen LogP contribution is -2.11. The van der Waals surface area contributed by atoms with Crippen molar-refractivity contribution in [2.75, 3.05) is 10.6 Å². The number of hydrogen-bond acceptors (Lipinski definition) is 4. The molecule has 5 aromatic rings. The number of aromatic nitrogens is 2. The Kier molecular flexibility index (Phi) is 5.86. The highest BCUT2D eigenvalue weighted by molar-refractivity contribution is 6.04. The Morgan fingerprint density at radius 1 is 0.824 bits per heavy atom. The molecule has 2 N–H and O–H groups in total. The summed E-state index contributed by atoms with van der Waals surface area (Å²) in [4.78, 5) is 21.6. The second-order valence-corrected chi connectivity index (χ2v) is 7.91. The number of nitrogens with zero attached hydrogens (tertiary/aromatic N) is 3. The smallest absolute Gasteiger partial charge is 0.255 e. The van der Waals surface area contributed by atoms with Crippen molar-refractivity contribution in [2.24, 2.45) is 12.0 Å². The molecule has 0 saturated carbocycles. The van der Waals surface area contributed by atoms with Crippen LogP contribution in [0.5, 0.6) is 0 Å². The van der Waals surface area contributed by atoms with Crippen LogP contribution < -0.4 is 16.0 Å². The van der Waals surface area contributed by atoms with E-state index in [1.54, 1.807) is 18.3 Å². The van der Waals surface area contributed by atoms with E-state index in [4.69, 9.17) is 0 Å². The zero-order valence-electron chi connectivity index (χ0n) is 18.6. The molecule has 6 heteroatoms. The molecule has 5 rings (SSSR count). The Balaban J connectivity index is 1.25. The lowest BCUT2D eigenvalue weighted by atomic mass is 10.1. The van der Waals surface area contributed by atoms with Crippen molar-refractivity contribution in [3.63, 3.8) is 0 Å². The summed E-state index contributed by atoms with van der Waals surface area (Å²) >= 11 is 0. The van der Waals surface area contributed by atoms with E-state index in [1.807, 2.05) is 103 Å². The number of pyridine rings is 2. The van der Waals surface area contributed by atoms with Gasteiger partial charge >= 0.3 is 0 Å². The van der Waals surface area contributed by atoms with Crippen LogP contribution in [-0.2, 0) is 7.05 Å². The molecule has 2 aromatic heterocycles. The van der Waals surface area contributed by atoms with Crippen LogP contribution in [0.3, 0.4) is 0 Å². The summed E-state index contributed by atoms with van der Waals surface area (Å²) in [5, 5.41) is 8.29. The quantitative estimate of drug-likeness (QED) is 0.359. The topological polar surface area (TPSA) is 71.3 Å². The van der Waals surface area contributed by atoms with E-state index in [2.05, 4.69) is 20.6 Å². The molecule has 0 spiro atoms. The van der Waals surface area contributed by atoms with Crippen LogP contribution in [0.2, 0.25) is 0 Å². The zero-order chi connectivity index (χ0) is 23.3. The largest absolute Gasteiger partial charge is 0.357 e. The third-order valence-electron chi connectivity index (χ3n) is 5.42. The molecule has 0 unspecified atom stereocenters. The number of carbonyl (C=O) groups is 1. The van der Waals surface area contributed by atoms with Crippen molar-refractivity contribution in [3.05, 3.63) is 121 Å². The molecule has 0 saturated heterocycles. The second kappa shape index (κ2) is 9.42. The molecule has 3 aromatic carbocycles. The third kappa shape index (κ3) is 4.86. The van der Waals surface area contributed by atoms with E-state index >= 15 is 0 Å². The molecule has 0 aliphatic rings. The minimum Gasteiger partial charge on any atom is -0.357 e. The standard InChI is InChI=1S/C28H23N5O/c1-33-18-15-24(16-19-33)30-21-8-6-20(7-9-21)28(34)32-23-12-10-22(11-13-23)31-27-14-17-29-26-5-3-2-4-25(26)27/h2-19H,1H3,(H,29,31)(H,32,34). The van der Waals surface area contributed by atoms with Crippen LogP contribution in [0, 0.1) is 0 Å². The fraction of sp³-hybridized carbons (Fsp3) is 0.0357. The molecular formula is C28H23N5O.